The first kappa shape index (κ1) is 21.5. The van der Waals surface area contributed by atoms with E-state index in [9.17, 15) is 13.2 Å². The van der Waals surface area contributed by atoms with E-state index in [1.807, 2.05) is 20.8 Å². The lowest BCUT2D eigenvalue weighted by Crippen LogP contribution is -2.40. The van der Waals surface area contributed by atoms with Gasteiger partial charge in [-0.15, -0.1) is 6.58 Å². The van der Waals surface area contributed by atoms with Crippen LogP contribution in [-0.4, -0.2) is 33.5 Å². The number of rotatable bonds is 7. The van der Waals surface area contributed by atoms with Gasteiger partial charge in [0.2, 0.25) is 0 Å². The minimum Gasteiger partial charge on any atom is -0.495 e. The van der Waals surface area contributed by atoms with Crippen LogP contribution in [-0.2, 0) is 10.0 Å². The Bertz CT molecular complexity index is 962. The summed E-state index contributed by atoms with van der Waals surface area (Å²) in [6.07, 6.45) is 1.50. The van der Waals surface area contributed by atoms with Gasteiger partial charge in [-0.05, 0) is 51.1 Å². The number of amides is 1. The van der Waals surface area contributed by atoms with Crippen molar-refractivity contribution in [1.82, 2.24) is 5.32 Å². The van der Waals surface area contributed by atoms with Crippen LogP contribution in [0.2, 0.25) is 0 Å². The molecule has 0 aliphatic heterocycles. The first-order valence-electron chi connectivity index (χ1n) is 8.79. The average Bonchev–Trinajstić information content (AvgIpc) is 2.64. The van der Waals surface area contributed by atoms with Crippen molar-refractivity contribution < 1.29 is 17.9 Å². The van der Waals surface area contributed by atoms with E-state index in [1.54, 1.807) is 36.4 Å². The van der Waals surface area contributed by atoms with E-state index >= 15 is 0 Å². The topological polar surface area (TPSA) is 75.7 Å². The second-order valence-electron chi connectivity index (χ2n) is 7.23. The molecule has 28 heavy (non-hydrogen) atoms. The summed E-state index contributed by atoms with van der Waals surface area (Å²) in [6.45, 7) is 9.30. The summed E-state index contributed by atoms with van der Waals surface area (Å²) in [5, 5.41) is 2.83. The summed E-state index contributed by atoms with van der Waals surface area (Å²) < 4.78 is 33.2. The molecule has 0 aliphatic carbocycles. The Kier molecular flexibility index (Phi) is 6.51. The molecule has 0 spiro atoms. The number of carbonyl (C=O) groups excluding carboxylic acids is 1. The molecule has 0 fully saturated rings. The van der Waals surface area contributed by atoms with Crippen molar-refractivity contribution in [3.8, 4) is 5.75 Å². The number of ether oxygens (including phenoxy) is 1. The number of carbonyl (C=O) groups is 1. The Morgan fingerprint density at radius 3 is 2.46 bits per heavy atom. The molecule has 1 N–H and O–H groups in total. The van der Waals surface area contributed by atoms with Crippen molar-refractivity contribution in [2.75, 3.05) is 18.0 Å². The van der Waals surface area contributed by atoms with Crippen molar-refractivity contribution >= 4 is 21.6 Å². The molecule has 0 aliphatic rings. The Hall–Kier alpha value is -2.80. The van der Waals surface area contributed by atoms with E-state index in [-0.39, 0.29) is 22.9 Å². The lowest BCUT2D eigenvalue weighted by atomic mass is 10.1. The van der Waals surface area contributed by atoms with Crippen LogP contribution in [0.25, 0.3) is 0 Å². The van der Waals surface area contributed by atoms with Crippen LogP contribution in [0, 0.1) is 0 Å². The van der Waals surface area contributed by atoms with Crippen LogP contribution in [0.4, 0.5) is 5.69 Å². The second-order valence-corrected chi connectivity index (χ2v) is 9.09. The summed E-state index contributed by atoms with van der Waals surface area (Å²) in [6, 6.07) is 12.8. The SMILES string of the molecule is C=CCN(c1ccccc1OC)S(=O)(=O)c1cccc(C(=O)NC(C)(C)C)c1. The van der Waals surface area contributed by atoms with Gasteiger partial charge in [-0.3, -0.25) is 9.10 Å². The molecule has 0 saturated carbocycles. The van der Waals surface area contributed by atoms with Crippen LogP contribution in [0.3, 0.4) is 0 Å². The first-order valence-corrected chi connectivity index (χ1v) is 10.2. The number of sulfonamides is 1. The molecule has 150 valence electrons. The number of para-hydroxylation sites is 2. The minimum atomic E-state index is -3.95. The monoisotopic (exact) mass is 402 g/mol. The van der Waals surface area contributed by atoms with Crippen molar-refractivity contribution in [3.05, 3.63) is 66.7 Å². The van der Waals surface area contributed by atoms with E-state index in [0.717, 1.165) is 0 Å². The maximum absolute atomic E-state index is 13.3. The normalized spacial score (nSPS) is 11.6. The van der Waals surface area contributed by atoms with Gasteiger partial charge in [0.1, 0.15) is 5.75 Å². The highest BCUT2D eigenvalue weighted by Gasteiger charge is 2.27. The second kappa shape index (κ2) is 8.48. The van der Waals surface area contributed by atoms with E-state index < -0.39 is 15.6 Å². The Morgan fingerprint density at radius 2 is 1.86 bits per heavy atom. The molecular formula is C21H26N2O4S. The largest absolute Gasteiger partial charge is 0.495 e. The smallest absolute Gasteiger partial charge is 0.264 e. The summed E-state index contributed by atoms with van der Waals surface area (Å²) in [7, 11) is -2.47. The average molecular weight is 403 g/mol. The molecule has 0 aromatic heterocycles. The third-order valence-corrected chi connectivity index (χ3v) is 5.60. The first-order chi connectivity index (χ1) is 13.1. The van der Waals surface area contributed by atoms with Gasteiger partial charge >= 0.3 is 0 Å². The standard InChI is InChI=1S/C21H26N2O4S/c1-6-14-23(18-12-7-8-13-19(18)27-5)28(25,26)17-11-9-10-16(15-17)20(24)22-21(2,3)4/h6-13,15H,1,14H2,2-5H3,(H,22,24). The molecule has 0 heterocycles. The van der Waals surface area contributed by atoms with Gasteiger partial charge in [0, 0.05) is 11.1 Å². The van der Waals surface area contributed by atoms with Gasteiger partial charge in [-0.1, -0.05) is 24.3 Å². The zero-order valence-electron chi connectivity index (χ0n) is 16.6. The zero-order chi connectivity index (χ0) is 20.9. The summed E-state index contributed by atoms with van der Waals surface area (Å²) in [5.41, 5.74) is 0.238. The van der Waals surface area contributed by atoms with Gasteiger partial charge in [-0.25, -0.2) is 8.42 Å². The highest BCUT2D eigenvalue weighted by molar-refractivity contribution is 7.92. The molecule has 0 atom stereocenters. The molecule has 2 rings (SSSR count). The van der Waals surface area contributed by atoms with Crippen molar-refractivity contribution in [2.45, 2.75) is 31.2 Å². The van der Waals surface area contributed by atoms with Crippen molar-refractivity contribution in [1.29, 1.82) is 0 Å². The fraction of sp³-hybridized carbons (Fsp3) is 0.286. The summed E-state index contributed by atoms with van der Waals surface area (Å²) >= 11 is 0. The fourth-order valence-electron chi connectivity index (χ4n) is 2.62. The number of hydrogen-bond donors (Lipinski definition) is 1. The van der Waals surface area contributed by atoms with Crippen molar-refractivity contribution in [2.24, 2.45) is 0 Å². The molecule has 0 unspecified atom stereocenters. The third kappa shape index (κ3) is 4.92. The number of benzene rings is 2. The predicted molar refractivity (Wildman–Crippen MR) is 111 cm³/mol. The maximum Gasteiger partial charge on any atom is 0.264 e. The van der Waals surface area contributed by atoms with Crippen LogP contribution < -0.4 is 14.4 Å². The predicted octanol–water partition coefficient (Wildman–Crippen LogP) is 3.60. The Balaban J connectivity index is 2.50. The lowest BCUT2D eigenvalue weighted by molar-refractivity contribution is 0.0919. The number of anilines is 1. The highest BCUT2D eigenvalue weighted by atomic mass is 32.2. The Labute approximate surface area is 166 Å². The maximum atomic E-state index is 13.3. The molecule has 7 heteroatoms. The van der Waals surface area contributed by atoms with Gasteiger partial charge in [-0.2, -0.15) is 0 Å². The van der Waals surface area contributed by atoms with Crippen LogP contribution in [0.5, 0.6) is 5.75 Å². The van der Waals surface area contributed by atoms with Crippen LogP contribution in [0.1, 0.15) is 31.1 Å². The van der Waals surface area contributed by atoms with E-state index in [2.05, 4.69) is 11.9 Å². The molecule has 2 aromatic carbocycles. The van der Waals surface area contributed by atoms with Gasteiger partial charge in [0.15, 0.2) is 0 Å². The lowest BCUT2D eigenvalue weighted by Gasteiger charge is -2.25. The third-order valence-electron chi connectivity index (χ3n) is 3.82. The number of nitrogens with one attached hydrogen (secondary N) is 1. The molecule has 0 bridgehead atoms. The molecule has 2 aromatic rings. The van der Waals surface area contributed by atoms with E-state index in [4.69, 9.17) is 4.74 Å². The van der Waals surface area contributed by atoms with E-state index in [1.165, 1.54) is 29.6 Å². The molecule has 6 nitrogen and oxygen atoms in total. The van der Waals surface area contributed by atoms with Crippen LogP contribution in [0.15, 0.2) is 66.1 Å². The quantitative estimate of drug-likeness (QED) is 0.718. The van der Waals surface area contributed by atoms with Crippen molar-refractivity contribution in [3.63, 3.8) is 0 Å². The number of hydrogen-bond acceptors (Lipinski definition) is 4. The Morgan fingerprint density at radius 1 is 1.18 bits per heavy atom. The van der Waals surface area contributed by atoms with Gasteiger partial charge in [0.25, 0.3) is 15.9 Å². The van der Waals surface area contributed by atoms with Crippen LogP contribution >= 0.6 is 0 Å². The molecule has 0 saturated heterocycles. The summed E-state index contributed by atoms with van der Waals surface area (Å²) in [4.78, 5) is 12.5. The molecule has 0 radical (unpaired) electrons. The molecular weight excluding hydrogens is 376 g/mol. The summed E-state index contributed by atoms with van der Waals surface area (Å²) in [5.74, 6) is 0.0895. The number of nitrogens with zero attached hydrogens (tertiary/aromatic N) is 1. The highest BCUT2D eigenvalue weighted by Crippen LogP contribution is 2.32. The van der Waals surface area contributed by atoms with E-state index in [0.29, 0.717) is 11.4 Å². The van der Waals surface area contributed by atoms with Gasteiger partial charge in [0.05, 0.1) is 24.2 Å². The molecule has 1 amide bonds. The minimum absolute atomic E-state index is 0.0156. The fourth-order valence-corrected chi connectivity index (χ4v) is 4.11. The zero-order valence-corrected chi connectivity index (χ0v) is 17.4. The number of methoxy groups -OCH3 is 1. The van der Waals surface area contributed by atoms with Gasteiger partial charge < -0.3 is 10.1 Å².